The molecule has 0 aliphatic carbocycles. The van der Waals surface area contributed by atoms with Gasteiger partial charge in [-0.05, 0) is 24.1 Å². The number of ether oxygens (including phenoxy) is 1. The molecule has 1 amide bonds. The number of unbranched alkanes of at least 4 members (excludes halogenated alkanes) is 2. The van der Waals surface area contributed by atoms with Gasteiger partial charge in [-0.15, -0.1) is 0 Å². The molecule has 0 saturated heterocycles. The zero-order valence-corrected chi connectivity index (χ0v) is 15.9. The van der Waals surface area contributed by atoms with Gasteiger partial charge in [0.2, 0.25) is 0 Å². The van der Waals surface area contributed by atoms with E-state index in [0.29, 0.717) is 12.3 Å². The summed E-state index contributed by atoms with van der Waals surface area (Å²) in [7, 11) is 1.49. The van der Waals surface area contributed by atoms with Crippen LogP contribution in [0.25, 0.3) is 0 Å². The number of phenolic OH excluding ortho intramolecular Hbond substituents is 1. The number of nitrogens with one attached hydrogen (secondary N) is 1. The fourth-order valence-corrected chi connectivity index (χ4v) is 3.22. The minimum absolute atomic E-state index is 0.0748. The predicted octanol–water partition coefficient (Wildman–Crippen LogP) is 4.67. The maximum Gasteiger partial charge on any atom is 0.258 e. The average Bonchev–Trinajstić information content (AvgIpc) is 2.66. The molecule has 2 aromatic carbocycles. The van der Waals surface area contributed by atoms with Crippen LogP contribution in [-0.2, 0) is 5.41 Å². The predicted molar refractivity (Wildman–Crippen MR) is 105 cm³/mol. The molecule has 1 atom stereocenters. The highest BCUT2D eigenvalue weighted by molar-refractivity contribution is 5.99. The van der Waals surface area contributed by atoms with Crippen molar-refractivity contribution in [2.75, 3.05) is 13.7 Å². The van der Waals surface area contributed by atoms with E-state index >= 15 is 0 Å². The second-order valence-corrected chi connectivity index (χ2v) is 6.92. The van der Waals surface area contributed by atoms with Crippen molar-refractivity contribution < 1.29 is 14.6 Å². The Morgan fingerprint density at radius 3 is 2.50 bits per heavy atom. The van der Waals surface area contributed by atoms with Crippen LogP contribution in [0.1, 0.15) is 55.5 Å². The molecule has 0 spiro atoms. The highest BCUT2D eigenvalue weighted by Gasteiger charge is 2.28. The molecule has 4 heteroatoms. The second kappa shape index (κ2) is 9.27. The van der Waals surface area contributed by atoms with Crippen LogP contribution in [-0.4, -0.2) is 24.7 Å². The number of hydrogen-bond donors (Lipinski definition) is 2. The molecule has 0 saturated carbocycles. The maximum atomic E-state index is 12.7. The molecule has 2 rings (SSSR count). The van der Waals surface area contributed by atoms with Gasteiger partial charge in [0.1, 0.15) is 17.1 Å². The lowest BCUT2D eigenvalue weighted by Gasteiger charge is -2.31. The van der Waals surface area contributed by atoms with Crippen molar-refractivity contribution in [2.24, 2.45) is 0 Å². The third-order valence-electron chi connectivity index (χ3n) is 4.89. The Morgan fingerprint density at radius 2 is 1.85 bits per heavy atom. The van der Waals surface area contributed by atoms with E-state index in [-0.39, 0.29) is 22.6 Å². The normalized spacial score (nSPS) is 13.0. The van der Waals surface area contributed by atoms with Gasteiger partial charge < -0.3 is 15.2 Å². The van der Waals surface area contributed by atoms with Crippen molar-refractivity contribution in [3.8, 4) is 11.5 Å². The Bertz CT molecular complexity index is 715. The van der Waals surface area contributed by atoms with Gasteiger partial charge in [-0.3, -0.25) is 4.79 Å². The minimum Gasteiger partial charge on any atom is -0.507 e. The Labute approximate surface area is 156 Å². The summed E-state index contributed by atoms with van der Waals surface area (Å²) in [5.74, 6) is -0.0262. The van der Waals surface area contributed by atoms with E-state index in [9.17, 15) is 9.90 Å². The molecule has 0 radical (unpaired) electrons. The number of carbonyl (C=O) groups excluding carboxylic acids is 1. The van der Waals surface area contributed by atoms with E-state index in [1.165, 1.54) is 25.2 Å². The minimum atomic E-state index is -0.322. The number of aromatic hydroxyl groups is 1. The number of benzene rings is 2. The molecule has 0 unspecified atom stereocenters. The van der Waals surface area contributed by atoms with E-state index < -0.39 is 0 Å². The summed E-state index contributed by atoms with van der Waals surface area (Å²) in [6.45, 7) is 4.86. The van der Waals surface area contributed by atoms with Crippen molar-refractivity contribution >= 4 is 5.91 Å². The first kappa shape index (κ1) is 19.8. The summed E-state index contributed by atoms with van der Waals surface area (Å²) in [5, 5.41) is 13.1. The van der Waals surface area contributed by atoms with Crippen LogP contribution < -0.4 is 10.1 Å². The van der Waals surface area contributed by atoms with Gasteiger partial charge in [-0.1, -0.05) is 69.5 Å². The maximum absolute atomic E-state index is 12.7. The van der Waals surface area contributed by atoms with Gasteiger partial charge in [0.05, 0.1) is 7.11 Å². The lowest BCUT2D eigenvalue weighted by molar-refractivity contribution is 0.0937. The van der Waals surface area contributed by atoms with Gasteiger partial charge in [0, 0.05) is 12.0 Å². The topological polar surface area (TPSA) is 58.6 Å². The van der Waals surface area contributed by atoms with Gasteiger partial charge in [-0.2, -0.15) is 0 Å². The summed E-state index contributed by atoms with van der Waals surface area (Å²) in [4.78, 5) is 12.7. The SMILES string of the molecule is CCCCC[C@@](C)(CNC(=O)c1c(O)cccc1OC)c1ccccc1. The monoisotopic (exact) mass is 355 g/mol. The molecular weight excluding hydrogens is 326 g/mol. The van der Waals surface area contributed by atoms with Crippen LogP contribution in [0.15, 0.2) is 48.5 Å². The molecule has 4 nitrogen and oxygen atoms in total. The molecular formula is C22H29NO3. The first-order valence-electron chi connectivity index (χ1n) is 9.21. The summed E-state index contributed by atoms with van der Waals surface area (Å²) in [6, 6.07) is 15.1. The number of hydrogen-bond acceptors (Lipinski definition) is 3. The molecule has 0 heterocycles. The van der Waals surface area contributed by atoms with E-state index in [1.54, 1.807) is 12.1 Å². The second-order valence-electron chi connectivity index (χ2n) is 6.92. The van der Waals surface area contributed by atoms with Crippen molar-refractivity contribution in [3.63, 3.8) is 0 Å². The van der Waals surface area contributed by atoms with E-state index in [0.717, 1.165) is 19.3 Å². The number of carbonyl (C=O) groups is 1. The van der Waals surface area contributed by atoms with E-state index in [4.69, 9.17) is 4.74 Å². The van der Waals surface area contributed by atoms with Crippen LogP contribution in [0.2, 0.25) is 0 Å². The Morgan fingerprint density at radius 1 is 1.12 bits per heavy atom. The molecule has 0 bridgehead atoms. The highest BCUT2D eigenvalue weighted by atomic mass is 16.5. The van der Waals surface area contributed by atoms with E-state index in [1.807, 2.05) is 18.2 Å². The fraction of sp³-hybridized carbons (Fsp3) is 0.409. The molecule has 140 valence electrons. The zero-order chi connectivity index (χ0) is 19.0. The third kappa shape index (κ3) is 4.78. The van der Waals surface area contributed by atoms with Gasteiger partial charge >= 0.3 is 0 Å². The summed E-state index contributed by atoms with van der Waals surface area (Å²) in [6.07, 6.45) is 4.43. The lowest BCUT2D eigenvalue weighted by atomic mass is 9.78. The van der Waals surface area contributed by atoms with Gasteiger partial charge in [0.25, 0.3) is 5.91 Å². The highest BCUT2D eigenvalue weighted by Crippen LogP contribution is 2.31. The standard InChI is InChI=1S/C22H29NO3/c1-4-5-9-15-22(2,17-11-7-6-8-12-17)16-23-21(25)20-18(24)13-10-14-19(20)26-3/h6-8,10-14,24H,4-5,9,15-16H2,1-3H3,(H,23,25)/t22-/m0/s1. The average molecular weight is 355 g/mol. The van der Waals surface area contributed by atoms with Crippen LogP contribution in [0, 0.1) is 0 Å². The fourth-order valence-electron chi connectivity index (χ4n) is 3.22. The Balaban J connectivity index is 2.18. The van der Waals surface area contributed by atoms with Crippen LogP contribution in [0.4, 0.5) is 0 Å². The first-order valence-corrected chi connectivity index (χ1v) is 9.21. The Hall–Kier alpha value is -2.49. The largest absolute Gasteiger partial charge is 0.507 e. The van der Waals surface area contributed by atoms with Crippen LogP contribution in [0.3, 0.4) is 0 Å². The Kier molecular flexibility index (Phi) is 7.07. The molecule has 0 fully saturated rings. The molecule has 0 aliphatic heterocycles. The molecule has 0 aliphatic rings. The van der Waals surface area contributed by atoms with Crippen molar-refractivity contribution in [1.82, 2.24) is 5.32 Å². The van der Waals surface area contributed by atoms with Crippen molar-refractivity contribution in [3.05, 3.63) is 59.7 Å². The number of amides is 1. The summed E-state index contributed by atoms with van der Waals surface area (Å²) in [5.41, 5.74) is 1.23. The lowest BCUT2D eigenvalue weighted by Crippen LogP contribution is -2.39. The molecule has 0 aromatic heterocycles. The number of methoxy groups -OCH3 is 1. The summed E-state index contributed by atoms with van der Waals surface area (Å²) < 4.78 is 5.22. The smallest absolute Gasteiger partial charge is 0.258 e. The van der Waals surface area contributed by atoms with E-state index in [2.05, 4.69) is 31.3 Å². The summed E-state index contributed by atoms with van der Waals surface area (Å²) >= 11 is 0. The van der Waals surface area contributed by atoms with Crippen molar-refractivity contribution in [1.29, 1.82) is 0 Å². The molecule has 2 aromatic rings. The number of rotatable bonds is 9. The quantitative estimate of drug-likeness (QED) is 0.643. The molecule has 26 heavy (non-hydrogen) atoms. The first-order chi connectivity index (χ1) is 12.5. The zero-order valence-electron chi connectivity index (χ0n) is 15.9. The van der Waals surface area contributed by atoms with Crippen LogP contribution >= 0.6 is 0 Å². The van der Waals surface area contributed by atoms with Crippen LogP contribution in [0.5, 0.6) is 11.5 Å². The third-order valence-corrected chi connectivity index (χ3v) is 4.89. The number of phenols is 1. The van der Waals surface area contributed by atoms with Gasteiger partial charge in [0.15, 0.2) is 0 Å². The van der Waals surface area contributed by atoms with Gasteiger partial charge in [-0.25, -0.2) is 0 Å². The molecule has 2 N–H and O–H groups in total. The van der Waals surface area contributed by atoms with Crippen molar-refractivity contribution in [2.45, 2.75) is 44.9 Å².